The van der Waals surface area contributed by atoms with Crippen molar-refractivity contribution in [2.45, 2.75) is 19.4 Å². The van der Waals surface area contributed by atoms with Crippen LogP contribution in [0.1, 0.15) is 23.4 Å². The van der Waals surface area contributed by atoms with E-state index in [1.54, 1.807) is 0 Å². The molecule has 104 valence electrons. The van der Waals surface area contributed by atoms with Gasteiger partial charge in [0.15, 0.2) is 0 Å². The number of benzene rings is 1. The van der Waals surface area contributed by atoms with Gasteiger partial charge in [-0.15, -0.1) is 22.7 Å². The minimum absolute atomic E-state index is 0.408. The molecule has 0 radical (unpaired) electrons. The molecule has 1 nitrogen and oxygen atoms in total. The van der Waals surface area contributed by atoms with Gasteiger partial charge in [0.05, 0.1) is 0 Å². The number of thiophene rings is 2. The second-order valence-electron chi connectivity index (χ2n) is 4.74. The maximum Gasteiger partial charge on any atom is 0.0456 e. The van der Waals surface area contributed by atoms with Crippen molar-refractivity contribution >= 4 is 48.0 Å². The van der Waals surface area contributed by atoms with Crippen LogP contribution in [0.3, 0.4) is 0 Å². The van der Waals surface area contributed by atoms with Gasteiger partial charge in [-0.25, -0.2) is 0 Å². The summed E-state index contributed by atoms with van der Waals surface area (Å²) in [7, 11) is 0. The smallest absolute Gasteiger partial charge is 0.0456 e. The van der Waals surface area contributed by atoms with Crippen LogP contribution in [-0.2, 0) is 6.42 Å². The Balaban J connectivity index is 1.84. The van der Waals surface area contributed by atoms with Crippen LogP contribution in [0.5, 0.6) is 0 Å². The lowest BCUT2D eigenvalue weighted by atomic mass is 10.0. The first-order valence-electron chi connectivity index (χ1n) is 6.71. The zero-order valence-corrected chi connectivity index (χ0v) is 14.4. The van der Waals surface area contributed by atoms with E-state index < -0.39 is 0 Å². The Labute approximate surface area is 135 Å². The van der Waals surface area contributed by atoms with E-state index in [-0.39, 0.29) is 0 Å². The minimum Gasteiger partial charge on any atom is -0.309 e. The second-order valence-corrected chi connectivity index (χ2v) is 7.72. The average Bonchev–Trinajstić information content (AvgIpc) is 3.01. The molecular formula is C16H16BrNS2. The van der Waals surface area contributed by atoms with Crippen LogP contribution in [0.25, 0.3) is 9.40 Å². The van der Waals surface area contributed by atoms with Gasteiger partial charge < -0.3 is 5.32 Å². The van der Waals surface area contributed by atoms with Gasteiger partial charge in [0.25, 0.3) is 0 Å². The highest BCUT2D eigenvalue weighted by Gasteiger charge is 2.14. The van der Waals surface area contributed by atoms with Gasteiger partial charge in [-0.1, -0.05) is 35.0 Å². The third-order valence-corrected chi connectivity index (χ3v) is 6.04. The summed E-state index contributed by atoms with van der Waals surface area (Å²) in [5.74, 6) is 0. The highest BCUT2D eigenvalue weighted by Crippen LogP contribution is 2.34. The Morgan fingerprint density at radius 2 is 1.95 bits per heavy atom. The lowest BCUT2D eigenvalue weighted by Crippen LogP contribution is -2.22. The highest BCUT2D eigenvalue weighted by atomic mass is 79.9. The van der Waals surface area contributed by atoms with E-state index in [1.807, 2.05) is 22.7 Å². The van der Waals surface area contributed by atoms with Crippen LogP contribution >= 0.6 is 38.6 Å². The largest absolute Gasteiger partial charge is 0.309 e. The topological polar surface area (TPSA) is 12.0 Å². The predicted molar refractivity (Wildman–Crippen MR) is 94.0 cm³/mol. The summed E-state index contributed by atoms with van der Waals surface area (Å²) in [4.78, 5) is 1.44. The van der Waals surface area contributed by atoms with Crippen LogP contribution in [0.15, 0.2) is 46.3 Å². The Morgan fingerprint density at radius 1 is 1.15 bits per heavy atom. The van der Waals surface area contributed by atoms with Crippen LogP contribution in [-0.4, -0.2) is 6.54 Å². The first-order valence-corrected chi connectivity index (χ1v) is 9.20. The molecule has 0 spiro atoms. The minimum atomic E-state index is 0.408. The molecule has 1 atom stereocenters. The van der Waals surface area contributed by atoms with Crippen molar-refractivity contribution in [2.24, 2.45) is 0 Å². The molecular weight excluding hydrogens is 350 g/mol. The second kappa shape index (κ2) is 6.39. The number of hydrogen-bond donors (Lipinski definition) is 1. The molecule has 0 aliphatic rings. The van der Waals surface area contributed by atoms with Crippen molar-refractivity contribution in [1.29, 1.82) is 0 Å². The summed E-state index contributed by atoms with van der Waals surface area (Å²) in [6.07, 6.45) is 1.04. The molecule has 1 N–H and O–H groups in total. The van der Waals surface area contributed by atoms with Gasteiger partial charge >= 0.3 is 0 Å². The number of halogens is 1. The monoisotopic (exact) mass is 365 g/mol. The molecule has 0 saturated carbocycles. The Morgan fingerprint density at radius 3 is 2.65 bits per heavy atom. The number of fused-ring (bicyclic) bond motifs is 1. The van der Waals surface area contributed by atoms with Crippen molar-refractivity contribution in [2.75, 3.05) is 6.54 Å². The quantitative estimate of drug-likeness (QED) is 0.618. The molecule has 1 aromatic carbocycles. The lowest BCUT2D eigenvalue weighted by molar-refractivity contribution is 0.558. The third kappa shape index (κ3) is 3.14. The zero-order valence-electron chi connectivity index (χ0n) is 11.2. The van der Waals surface area contributed by atoms with E-state index in [9.17, 15) is 0 Å². The van der Waals surface area contributed by atoms with Gasteiger partial charge in [0, 0.05) is 24.8 Å². The van der Waals surface area contributed by atoms with Crippen molar-refractivity contribution < 1.29 is 0 Å². The summed E-state index contributed by atoms with van der Waals surface area (Å²) in [5.41, 5.74) is 1.37. The Bertz CT molecular complexity index is 655. The molecule has 0 amide bonds. The van der Waals surface area contributed by atoms with Crippen molar-refractivity contribution in [3.05, 3.63) is 56.7 Å². The Kier molecular flexibility index (Phi) is 4.56. The molecule has 0 saturated heterocycles. The van der Waals surface area contributed by atoms with Gasteiger partial charge in [-0.3, -0.25) is 0 Å². The van der Waals surface area contributed by atoms with Gasteiger partial charge in [-0.2, -0.15) is 0 Å². The Hall–Kier alpha value is -0.680. The third-order valence-electron chi connectivity index (χ3n) is 3.31. The normalized spacial score (nSPS) is 12.9. The van der Waals surface area contributed by atoms with E-state index in [0.29, 0.717) is 6.04 Å². The molecule has 2 heterocycles. The van der Waals surface area contributed by atoms with Gasteiger partial charge in [0.1, 0.15) is 0 Å². The first kappa shape index (κ1) is 14.3. The summed E-state index contributed by atoms with van der Waals surface area (Å²) in [6.45, 7) is 3.16. The highest BCUT2D eigenvalue weighted by molar-refractivity contribution is 9.10. The van der Waals surface area contributed by atoms with Crippen molar-refractivity contribution in [3.8, 4) is 0 Å². The van der Waals surface area contributed by atoms with E-state index in [0.717, 1.165) is 17.4 Å². The maximum atomic E-state index is 3.62. The molecule has 3 rings (SSSR count). The molecule has 20 heavy (non-hydrogen) atoms. The molecule has 0 aliphatic carbocycles. The maximum absolute atomic E-state index is 3.62. The number of rotatable bonds is 5. The molecule has 0 aliphatic heterocycles. The van der Waals surface area contributed by atoms with Crippen LogP contribution in [0, 0.1) is 0 Å². The fraction of sp³-hybridized carbons (Fsp3) is 0.250. The molecule has 2 aromatic heterocycles. The molecule has 1 unspecified atom stereocenters. The molecule has 0 bridgehead atoms. The molecule has 3 aromatic rings. The standard InChI is InChI=1S/C16H16BrNS2/c1-2-18-13(9-11-3-5-12(17)6-4-11)15-10-16-14(20-15)7-8-19-16/h3-8,10,13,18H,2,9H2,1H3. The van der Waals surface area contributed by atoms with E-state index in [2.05, 4.69) is 69.9 Å². The number of hydrogen-bond acceptors (Lipinski definition) is 3. The van der Waals surface area contributed by atoms with Gasteiger partial charge in [-0.05, 0) is 48.2 Å². The van der Waals surface area contributed by atoms with Crippen LogP contribution in [0.2, 0.25) is 0 Å². The first-order chi connectivity index (χ1) is 9.76. The molecule has 0 fully saturated rings. The van der Waals surface area contributed by atoms with Crippen LogP contribution in [0.4, 0.5) is 0 Å². The summed E-state index contributed by atoms with van der Waals surface area (Å²) < 4.78 is 3.95. The predicted octanol–water partition coefficient (Wildman–Crippen LogP) is 5.62. The average molecular weight is 366 g/mol. The van der Waals surface area contributed by atoms with E-state index >= 15 is 0 Å². The number of likely N-dealkylation sites (N-methyl/N-ethyl adjacent to an activating group) is 1. The lowest BCUT2D eigenvalue weighted by Gasteiger charge is -2.16. The summed E-state index contributed by atoms with van der Waals surface area (Å²) >= 11 is 7.23. The summed E-state index contributed by atoms with van der Waals surface area (Å²) in [6, 6.07) is 13.6. The van der Waals surface area contributed by atoms with Crippen LogP contribution < -0.4 is 5.32 Å². The fourth-order valence-corrected chi connectivity index (χ4v) is 4.79. The molecule has 4 heteroatoms. The van der Waals surface area contributed by atoms with Crippen molar-refractivity contribution in [1.82, 2.24) is 5.32 Å². The van der Waals surface area contributed by atoms with E-state index in [1.165, 1.54) is 19.8 Å². The SMILES string of the molecule is CCNC(Cc1ccc(Br)cc1)c1cc2sccc2s1. The van der Waals surface area contributed by atoms with Crippen molar-refractivity contribution in [3.63, 3.8) is 0 Å². The van der Waals surface area contributed by atoms with Gasteiger partial charge in [0.2, 0.25) is 0 Å². The summed E-state index contributed by atoms with van der Waals surface area (Å²) in [5, 5.41) is 5.78. The van der Waals surface area contributed by atoms with E-state index in [4.69, 9.17) is 0 Å². The zero-order chi connectivity index (χ0) is 13.9. The fourth-order valence-electron chi connectivity index (χ4n) is 2.33. The number of nitrogens with one attached hydrogen (secondary N) is 1.